The number of benzene rings is 1. The Kier molecular flexibility index (Phi) is 4.70. The first-order valence-corrected chi connectivity index (χ1v) is 8.63. The number of alkyl halides is 3. The van der Waals surface area contributed by atoms with Crippen LogP contribution in [-0.2, 0) is 17.5 Å². The van der Waals surface area contributed by atoms with Crippen LogP contribution in [0.25, 0.3) is 0 Å². The molecular weight excluding hydrogens is 403 g/mol. The first-order chi connectivity index (χ1) is 11.7. The van der Waals surface area contributed by atoms with Gasteiger partial charge in [0.25, 0.3) is 0 Å². The van der Waals surface area contributed by atoms with Crippen LogP contribution in [0.1, 0.15) is 24.0 Å². The van der Waals surface area contributed by atoms with Gasteiger partial charge in [-0.15, -0.1) is 0 Å². The Morgan fingerprint density at radius 2 is 2.16 bits per heavy atom. The molecule has 3 rings (SSSR count). The number of urea groups is 1. The second-order valence-corrected chi connectivity index (χ2v) is 7.50. The van der Waals surface area contributed by atoms with Crippen LogP contribution in [0.15, 0.2) is 22.7 Å². The quantitative estimate of drug-likeness (QED) is 0.773. The summed E-state index contributed by atoms with van der Waals surface area (Å²) >= 11 is 3.03. The molecule has 0 bridgehead atoms. The van der Waals surface area contributed by atoms with Crippen LogP contribution in [0, 0.1) is 5.41 Å². The van der Waals surface area contributed by atoms with Crippen LogP contribution >= 0.6 is 15.9 Å². The Morgan fingerprint density at radius 3 is 2.80 bits per heavy atom. The van der Waals surface area contributed by atoms with E-state index in [9.17, 15) is 22.8 Å². The second-order valence-electron chi connectivity index (χ2n) is 6.58. The van der Waals surface area contributed by atoms with Crippen LogP contribution in [0.3, 0.4) is 0 Å². The van der Waals surface area contributed by atoms with Gasteiger partial charge in [-0.3, -0.25) is 4.79 Å². The summed E-state index contributed by atoms with van der Waals surface area (Å²) in [4.78, 5) is 25.3. The summed E-state index contributed by atoms with van der Waals surface area (Å²) in [5.74, 6) is -0.0214. The Labute approximate surface area is 151 Å². The van der Waals surface area contributed by atoms with Gasteiger partial charge in [0.15, 0.2) is 0 Å². The van der Waals surface area contributed by atoms with E-state index in [1.54, 1.807) is 4.90 Å². The third-order valence-corrected chi connectivity index (χ3v) is 5.22. The summed E-state index contributed by atoms with van der Waals surface area (Å²) in [7, 11) is 0. The lowest BCUT2D eigenvalue weighted by atomic mass is 9.86. The third kappa shape index (κ3) is 3.91. The van der Waals surface area contributed by atoms with E-state index >= 15 is 0 Å². The fourth-order valence-corrected chi connectivity index (χ4v) is 3.76. The third-order valence-electron chi connectivity index (χ3n) is 4.73. The molecule has 0 aromatic heterocycles. The number of hydrogen-bond acceptors (Lipinski definition) is 2. The van der Waals surface area contributed by atoms with Crippen molar-refractivity contribution < 1.29 is 22.8 Å². The Hall–Kier alpha value is -1.77. The lowest BCUT2D eigenvalue weighted by molar-refractivity contribution is -0.138. The SMILES string of the molecule is O=C1CC2(CCN(C(=O)NCc3ccc(Br)cc3C(F)(F)F)C2)CN1. The second kappa shape index (κ2) is 6.51. The molecule has 2 aliphatic rings. The molecular formula is C16H17BrF3N3O2. The van der Waals surface area contributed by atoms with Crippen LogP contribution in [0.5, 0.6) is 0 Å². The maximum Gasteiger partial charge on any atom is 0.416 e. The summed E-state index contributed by atoms with van der Waals surface area (Å²) < 4.78 is 39.7. The van der Waals surface area contributed by atoms with Crippen LogP contribution in [0.2, 0.25) is 0 Å². The van der Waals surface area contributed by atoms with Crippen LogP contribution in [0.4, 0.5) is 18.0 Å². The average Bonchev–Trinajstić information content (AvgIpc) is 3.11. The Morgan fingerprint density at radius 1 is 1.40 bits per heavy atom. The highest BCUT2D eigenvalue weighted by atomic mass is 79.9. The van der Waals surface area contributed by atoms with Crippen molar-refractivity contribution in [2.75, 3.05) is 19.6 Å². The Balaban J connectivity index is 1.63. The molecule has 0 saturated carbocycles. The smallest absolute Gasteiger partial charge is 0.355 e. The highest BCUT2D eigenvalue weighted by Crippen LogP contribution is 2.37. The molecule has 3 amide bonds. The van der Waals surface area contributed by atoms with Gasteiger partial charge in [-0.05, 0) is 24.1 Å². The minimum absolute atomic E-state index is 0.00988. The van der Waals surface area contributed by atoms with E-state index in [2.05, 4.69) is 26.6 Å². The number of halogens is 4. The van der Waals surface area contributed by atoms with Gasteiger partial charge in [-0.1, -0.05) is 22.0 Å². The first-order valence-electron chi connectivity index (χ1n) is 7.84. The van der Waals surface area contributed by atoms with Gasteiger partial charge < -0.3 is 15.5 Å². The lowest BCUT2D eigenvalue weighted by Crippen LogP contribution is -2.40. The van der Waals surface area contributed by atoms with Gasteiger partial charge in [0.1, 0.15) is 0 Å². The summed E-state index contributed by atoms with van der Waals surface area (Å²) in [6.07, 6.45) is -3.38. The maximum atomic E-state index is 13.1. The molecule has 5 nitrogen and oxygen atoms in total. The predicted octanol–water partition coefficient (Wildman–Crippen LogP) is 2.89. The van der Waals surface area contributed by atoms with E-state index in [1.165, 1.54) is 12.1 Å². The fourth-order valence-electron chi connectivity index (χ4n) is 3.40. The van der Waals surface area contributed by atoms with E-state index in [0.717, 1.165) is 6.07 Å². The van der Waals surface area contributed by atoms with Gasteiger partial charge in [-0.25, -0.2) is 4.79 Å². The number of rotatable bonds is 2. The number of nitrogens with zero attached hydrogens (tertiary/aromatic N) is 1. The maximum absolute atomic E-state index is 13.1. The van der Waals surface area contributed by atoms with Gasteiger partial charge in [0.05, 0.1) is 5.56 Å². The van der Waals surface area contributed by atoms with Gasteiger partial charge in [0.2, 0.25) is 5.91 Å². The van der Waals surface area contributed by atoms with E-state index in [1.807, 2.05) is 0 Å². The van der Waals surface area contributed by atoms with Crippen LogP contribution < -0.4 is 10.6 Å². The Bertz CT molecular complexity index is 710. The monoisotopic (exact) mass is 419 g/mol. The standard InChI is InChI=1S/C16H17BrF3N3O2/c17-11-2-1-10(12(5-11)16(18,19)20)7-21-14(25)23-4-3-15(9-23)6-13(24)22-8-15/h1-2,5H,3-4,6-9H2,(H,21,25)(H,22,24). The van der Waals surface area contributed by atoms with E-state index in [4.69, 9.17) is 0 Å². The molecule has 2 aliphatic heterocycles. The molecule has 136 valence electrons. The van der Waals surface area contributed by atoms with Crippen molar-refractivity contribution in [2.24, 2.45) is 5.41 Å². The molecule has 2 N–H and O–H groups in total. The number of likely N-dealkylation sites (tertiary alicyclic amines) is 1. The molecule has 2 saturated heterocycles. The zero-order valence-corrected chi connectivity index (χ0v) is 14.8. The zero-order chi connectivity index (χ0) is 18.2. The fraction of sp³-hybridized carbons (Fsp3) is 0.500. The first kappa shape index (κ1) is 18.0. The largest absolute Gasteiger partial charge is 0.416 e. The number of hydrogen-bond donors (Lipinski definition) is 2. The summed E-state index contributed by atoms with van der Waals surface area (Å²) in [5, 5.41) is 5.33. The minimum atomic E-state index is -4.49. The van der Waals surface area contributed by atoms with Crippen molar-refractivity contribution in [3.05, 3.63) is 33.8 Å². The molecule has 1 spiro atoms. The van der Waals surface area contributed by atoms with Gasteiger partial charge >= 0.3 is 12.2 Å². The van der Waals surface area contributed by atoms with Crippen molar-refractivity contribution in [2.45, 2.75) is 25.6 Å². The number of carbonyl (C=O) groups is 2. The summed E-state index contributed by atoms with van der Waals surface area (Å²) in [5.41, 5.74) is -0.996. The van der Waals surface area contributed by atoms with Crippen molar-refractivity contribution in [1.29, 1.82) is 0 Å². The minimum Gasteiger partial charge on any atom is -0.355 e. The number of amides is 3. The molecule has 1 atom stereocenters. The number of carbonyl (C=O) groups excluding carboxylic acids is 2. The molecule has 1 aromatic carbocycles. The number of nitrogens with one attached hydrogen (secondary N) is 2. The van der Waals surface area contributed by atoms with Crippen molar-refractivity contribution in [3.8, 4) is 0 Å². The highest BCUT2D eigenvalue weighted by molar-refractivity contribution is 9.10. The van der Waals surface area contributed by atoms with Gasteiger partial charge in [-0.2, -0.15) is 13.2 Å². The molecule has 1 unspecified atom stereocenters. The molecule has 2 heterocycles. The van der Waals surface area contributed by atoms with Crippen LogP contribution in [-0.4, -0.2) is 36.5 Å². The van der Waals surface area contributed by atoms with E-state index in [0.29, 0.717) is 36.9 Å². The topological polar surface area (TPSA) is 61.4 Å². The van der Waals surface area contributed by atoms with Crippen molar-refractivity contribution in [1.82, 2.24) is 15.5 Å². The van der Waals surface area contributed by atoms with Gasteiger partial charge in [0, 0.05) is 42.5 Å². The molecule has 9 heteroatoms. The highest BCUT2D eigenvalue weighted by Gasteiger charge is 2.45. The lowest BCUT2D eigenvalue weighted by Gasteiger charge is -2.22. The van der Waals surface area contributed by atoms with E-state index < -0.39 is 17.8 Å². The molecule has 0 radical (unpaired) electrons. The normalized spacial score (nSPS) is 23.2. The molecule has 25 heavy (non-hydrogen) atoms. The zero-order valence-electron chi connectivity index (χ0n) is 13.3. The molecule has 2 fully saturated rings. The molecule has 0 aliphatic carbocycles. The van der Waals surface area contributed by atoms with Crippen molar-refractivity contribution >= 4 is 27.9 Å². The van der Waals surface area contributed by atoms with E-state index in [-0.39, 0.29) is 23.4 Å². The van der Waals surface area contributed by atoms with Crippen molar-refractivity contribution in [3.63, 3.8) is 0 Å². The summed E-state index contributed by atoms with van der Waals surface area (Å²) in [6, 6.07) is 3.45. The molecule has 1 aromatic rings. The summed E-state index contributed by atoms with van der Waals surface area (Å²) in [6.45, 7) is 1.26. The predicted molar refractivity (Wildman–Crippen MR) is 87.6 cm³/mol. The average molecular weight is 420 g/mol.